The van der Waals surface area contributed by atoms with E-state index < -0.39 is 10.8 Å². The predicted octanol–water partition coefficient (Wildman–Crippen LogP) is 3.43. The lowest BCUT2D eigenvalue weighted by molar-refractivity contribution is 0.682. The van der Waals surface area contributed by atoms with E-state index >= 15 is 0 Å². The van der Waals surface area contributed by atoms with E-state index in [9.17, 15) is 4.21 Å². The summed E-state index contributed by atoms with van der Waals surface area (Å²) in [4.78, 5) is 5.10. The molecule has 0 saturated heterocycles. The third-order valence-electron chi connectivity index (χ3n) is 3.47. The molecular weight excluding hydrogens is 280 g/mol. The minimum Gasteiger partial charge on any atom is -0.399 e. The van der Waals surface area contributed by atoms with Gasteiger partial charge < -0.3 is 5.73 Å². The Balaban J connectivity index is 1.87. The molecule has 106 valence electrons. The molecule has 0 aliphatic heterocycles. The maximum absolute atomic E-state index is 12.5. The molecule has 0 saturated carbocycles. The molecule has 21 heavy (non-hydrogen) atoms. The fourth-order valence-electron chi connectivity index (χ4n) is 2.24. The van der Waals surface area contributed by atoms with Crippen LogP contribution in [0.5, 0.6) is 0 Å². The van der Waals surface area contributed by atoms with Crippen molar-refractivity contribution in [1.82, 2.24) is 4.98 Å². The van der Waals surface area contributed by atoms with E-state index in [-0.39, 0.29) is 0 Å². The van der Waals surface area contributed by atoms with Crippen LogP contribution in [0, 0.1) is 6.92 Å². The van der Waals surface area contributed by atoms with Crippen molar-refractivity contribution in [2.75, 3.05) is 5.73 Å². The number of hydrogen-bond donors (Lipinski definition) is 1. The summed E-state index contributed by atoms with van der Waals surface area (Å²) in [5.74, 6) is 0.494. The van der Waals surface area contributed by atoms with Crippen molar-refractivity contribution in [3.05, 3.63) is 65.9 Å². The molecule has 0 fully saturated rings. The number of rotatable bonds is 3. The number of pyridine rings is 1. The molecule has 0 radical (unpaired) electrons. The first-order valence-corrected chi connectivity index (χ1v) is 8.03. The number of anilines is 1. The van der Waals surface area contributed by atoms with E-state index in [1.807, 2.05) is 55.5 Å². The fourth-order valence-corrected chi connectivity index (χ4v) is 3.42. The molecule has 0 spiro atoms. The molecule has 2 aromatic carbocycles. The number of fused-ring (bicyclic) bond motifs is 1. The van der Waals surface area contributed by atoms with Crippen LogP contribution in [-0.4, -0.2) is 9.19 Å². The van der Waals surface area contributed by atoms with Crippen molar-refractivity contribution < 1.29 is 4.21 Å². The van der Waals surface area contributed by atoms with E-state index in [2.05, 4.69) is 4.98 Å². The topological polar surface area (TPSA) is 56.0 Å². The summed E-state index contributed by atoms with van der Waals surface area (Å²) in [5.41, 5.74) is 9.49. The number of benzene rings is 2. The smallest absolute Gasteiger partial charge is 0.0702 e. The van der Waals surface area contributed by atoms with Gasteiger partial charge in [-0.2, -0.15) is 0 Å². The van der Waals surface area contributed by atoms with Crippen LogP contribution in [0.2, 0.25) is 0 Å². The maximum atomic E-state index is 12.5. The van der Waals surface area contributed by atoms with Gasteiger partial charge in [-0.1, -0.05) is 12.1 Å². The van der Waals surface area contributed by atoms with Gasteiger partial charge in [0.25, 0.3) is 0 Å². The molecule has 3 nitrogen and oxygen atoms in total. The van der Waals surface area contributed by atoms with Gasteiger partial charge in [-0.3, -0.25) is 9.19 Å². The van der Waals surface area contributed by atoms with Gasteiger partial charge in [0.15, 0.2) is 0 Å². The Morgan fingerprint density at radius 1 is 1.14 bits per heavy atom. The Hall–Kier alpha value is -2.20. The lowest BCUT2D eigenvalue weighted by Gasteiger charge is -2.06. The first-order valence-electron chi connectivity index (χ1n) is 6.71. The van der Waals surface area contributed by atoms with Gasteiger partial charge in [-0.05, 0) is 54.4 Å². The summed E-state index contributed by atoms with van der Waals surface area (Å²) in [6, 6.07) is 15.5. The molecule has 0 bridgehead atoms. The molecule has 3 aromatic rings. The summed E-state index contributed by atoms with van der Waals surface area (Å²) in [6.45, 7) is 1.93. The van der Waals surface area contributed by atoms with Crippen LogP contribution in [0.4, 0.5) is 5.69 Å². The van der Waals surface area contributed by atoms with Crippen molar-refractivity contribution in [1.29, 1.82) is 0 Å². The van der Waals surface area contributed by atoms with Crippen LogP contribution in [0.15, 0.2) is 59.6 Å². The second kappa shape index (κ2) is 5.66. The fraction of sp³-hybridized carbons (Fsp3) is 0.118. The van der Waals surface area contributed by atoms with Crippen LogP contribution < -0.4 is 5.73 Å². The van der Waals surface area contributed by atoms with E-state index in [4.69, 9.17) is 5.73 Å². The Labute approximate surface area is 126 Å². The Morgan fingerprint density at radius 3 is 2.81 bits per heavy atom. The largest absolute Gasteiger partial charge is 0.399 e. The number of nitrogen functional groups attached to an aromatic ring is 1. The van der Waals surface area contributed by atoms with Gasteiger partial charge in [0.1, 0.15) is 0 Å². The summed E-state index contributed by atoms with van der Waals surface area (Å²) >= 11 is 0. The SMILES string of the molecule is Cc1cc(S(=O)Cc2ccc3ncccc3c2)ccc1N. The Bertz CT molecular complexity index is 830. The molecule has 3 rings (SSSR count). The van der Waals surface area contributed by atoms with E-state index in [0.717, 1.165) is 32.6 Å². The van der Waals surface area contributed by atoms with Crippen molar-refractivity contribution in [2.45, 2.75) is 17.6 Å². The molecule has 2 N–H and O–H groups in total. The molecule has 0 aliphatic rings. The van der Waals surface area contributed by atoms with Gasteiger partial charge in [-0.25, -0.2) is 0 Å². The Kier molecular flexibility index (Phi) is 3.71. The molecule has 1 heterocycles. The highest BCUT2D eigenvalue weighted by Crippen LogP contribution is 2.20. The first kappa shape index (κ1) is 13.8. The van der Waals surface area contributed by atoms with Crippen molar-refractivity contribution >= 4 is 27.4 Å². The highest BCUT2D eigenvalue weighted by Gasteiger charge is 2.07. The monoisotopic (exact) mass is 296 g/mol. The second-order valence-corrected chi connectivity index (χ2v) is 6.49. The zero-order chi connectivity index (χ0) is 14.8. The molecule has 4 heteroatoms. The van der Waals surface area contributed by atoms with Crippen molar-refractivity contribution in [3.8, 4) is 0 Å². The highest BCUT2D eigenvalue weighted by molar-refractivity contribution is 7.84. The zero-order valence-corrected chi connectivity index (χ0v) is 12.6. The molecule has 1 atom stereocenters. The van der Waals surface area contributed by atoms with Gasteiger partial charge in [0.05, 0.1) is 22.1 Å². The van der Waals surface area contributed by atoms with Crippen LogP contribution in [0.3, 0.4) is 0 Å². The van der Waals surface area contributed by atoms with Gasteiger partial charge >= 0.3 is 0 Å². The van der Waals surface area contributed by atoms with E-state index in [1.54, 1.807) is 6.20 Å². The number of nitrogens with two attached hydrogens (primary N) is 1. The van der Waals surface area contributed by atoms with E-state index in [0.29, 0.717) is 5.75 Å². The lowest BCUT2D eigenvalue weighted by Crippen LogP contribution is -1.98. The highest BCUT2D eigenvalue weighted by atomic mass is 32.2. The molecule has 0 amide bonds. The third kappa shape index (κ3) is 2.95. The van der Waals surface area contributed by atoms with E-state index in [1.165, 1.54) is 0 Å². The quantitative estimate of drug-likeness (QED) is 0.753. The predicted molar refractivity (Wildman–Crippen MR) is 87.4 cm³/mol. The minimum atomic E-state index is -1.07. The van der Waals surface area contributed by atoms with Gasteiger partial charge in [-0.15, -0.1) is 0 Å². The summed E-state index contributed by atoms with van der Waals surface area (Å²) in [5, 5.41) is 1.07. The lowest BCUT2D eigenvalue weighted by atomic mass is 10.1. The minimum absolute atomic E-state index is 0.494. The molecule has 1 aromatic heterocycles. The average molecular weight is 296 g/mol. The van der Waals surface area contributed by atoms with Gasteiger partial charge in [0, 0.05) is 22.2 Å². The molecule has 1 unspecified atom stereocenters. The Morgan fingerprint density at radius 2 is 2.00 bits per heavy atom. The zero-order valence-electron chi connectivity index (χ0n) is 11.7. The number of nitrogens with zero attached hydrogens (tertiary/aromatic N) is 1. The van der Waals surface area contributed by atoms with Crippen LogP contribution in [0.25, 0.3) is 10.9 Å². The number of aryl methyl sites for hydroxylation is 1. The first-order chi connectivity index (χ1) is 10.1. The summed E-state index contributed by atoms with van der Waals surface area (Å²) in [6.07, 6.45) is 1.78. The summed E-state index contributed by atoms with van der Waals surface area (Å²) in [7, 11) is -1.07. The third-order valence-corrected chi connectivity index (χ3v) is 4.84. The maximum Gasteiger partial charge on any atom is 0.0702 e. The van der Waals surface area contributed by atoms with Crippen LogP contribution >= 0.6 is 0 Å². The standard InChI is InChI=1S/C17H16N2OS/c1-12-9-15(5-6-16(12)18)21(20)11-13-4-7-17-14(10-13)3-2-8-19-17/h2-10H,11,18H2,1H3. The number of aromatic nitrogens is 1. The van der Waals surface area contributed by atoms with Crippen LogP contribution in [0.1, 0.15) is 11.1 Å². The second-order valence-electron chi connectivity index (χ2n) is 5.04. The van der Waals surface area contributed by atoms with Crippen LogP contribution in [-0.2, 0) is 16.6 Å². The van der Waals surface area contributed by atoms with Crippen molar-refractivity contribution in [3.63, 3.8) is 0 Å². The normalized spacial score (nSPS) is 12.4. The summed E-state index contributed by atoms with van der Waals surface area (Å²) < 4.78 is 12.5. The van der Waals surface area contributed by atoms with Crippen molar-refractivity contribution in [2.24, 2.45) is 0 Å². The molecule has 0 aliphatic carbocycles. The van der Waals surface area contributed by atoms with Gasteiger partial charge in [0.2, 0.25) is 0 Å². The average Bonchev–Trinajstić information content (AvgIpc) is 2.50. The number of hydrogen-bond acceptors (Lipinski definition) is 3. The molecular formula is C17H16N2OS.